The van der Waals surface area contributed by atoms with Gasteiger partial charge in [0.05, 0.1) is 10.6 Å². The molecule has 0 bridgehead atoms. The number of nitrogens with zero attached hydrogens (tertiary/aromatic N) is 5. The highest BCUT2D eigenvalue weighted by Crippen LogP contribution is 2.38. The molecule has 1 amide bonds. The Balaban J connectivity index is 1.63. The van der Waals surface area contributed by atoms with E-state index in [0.29, 0.717) is 49.1 Å². The van der Waals surface area contributed by atoms with Gasteiger partial charge >= 0.3 is 0 Å². The van der Waals surface area contributed by atoms with Gasteiger partial charge < -0.3 is 16.0 Å². The predicted octanol–water partition coefficient (Wildman–Crippen LogP) is 3.85. The number of halogens is 1. The number of primary amides is 1. The topological polar surface area (TPSA) is 101 Å². The summed E-state index contributed by atoms with van der Waals surface area (Å²) >= 11 is 6.60. The summed E-state index contributed by atoms with van der Waals surface area (Å²) in [5, 5.41) is 8.91. The fraction of sp³-hybridized carbons (Fsp3) is 0.308. The van der Waals surface area contributed by atoms with Crippen LogP contribution in [0.5, 0.6) is 0 Å². The van der Waals surface area contributed by atoms with Gasteiger partial charge in [-0.25, -0.2) is 9.97 Å². The molecule has 1 saturated heterocycles. The second-order valence-corrected chi connectivity index (χ2v) is 9.35. The number of hydrogen-bond donors (Lipinski definition) is 2. The van der Waals surface area contributed by atoms with Gasteiger partial charge in [0.25, 0.3) is 0 Å². The van der Waals surface area contributed by atoms with E-state index in [1.54, 1.807) is 10.8 Å². The van der Waals surface area contributed by atoms with E-state index >= 15 is 0 Å². The molecule has 0 radical (unpaired) electrons. The van der Waals surface area contributed by atoms with E-state index in [1.807, 2.05) is 31.2 Å². The molecule has 3 N–H and O–H groups in total. The average molecular weight is 490 g/mol. The standard InChI is InChI=1S/C26H28ClN7O/c1-3-31-26(24(28)35)12-14-33(15-13-26)25-30-16-29-23-21(18-10-8-17(2)9-11-18)22(32-34(23)25)19-6-4-5-7-20(19)27/h4-11,16,31H,3,12-15H2,1-2H3,(H2,28,35). The summed E-state index contributed by atoms with van der Waals surface area (Å²) in [7, 11) is 0. The van der Waals surface area contributed by atoms with Gasteiger partial charge in [-0.2, -0.15) is 9.61 Å². The fourth-order valence-corrected chi connectivity index (χ4v) is 5.06. The van der Waals surface area contributed by atoms with Crippen molar-refractivity contribution in [2.24, 2.45) is 5.73 Å². The first-order valence-electron chi connectivity index (χ1n) is 11.8. The summed E-state index contributed by atoms with van der Waals surface area (Å²) in [6.45, 7) is 5.95. The number of amides is 1. The quantitative estimate of drug-likeness (QED) is 0.426. The van der Waals surface area contributed by atoms with Crippen LogP contribution in [-0.2, 0) is 4.79 Å². The van der Waals surface area contributed by atoms with Crippen molar-refractivity contribution in [3.8, 4) is 22.4 Å². The lowest BCUT2D eigenvalue weighted by molar-refractivity contribution is -0.125. The zero-order valence-electron chi connectivity index (χ0n) is 19.8. The van der Waals surface area contributed by atoms with E-state index in [1.165, 1.54) is 5.56 Å². The van der Waals surface area contributed by atoms with Gasteiger partial charge in [-0.1, -0.05) is 66.6 Å². The van der Waals surface area contributed by atoms with Crippen LogP contribution in [-0.4, -0.2) is 50.7 Å². The van der Waals surface area contributed by atoms with E-state index in [-0.39, 0.29) is 5.91 Å². The number of rotatable bonds is 6. The van der Waals surface area contributed by atoms with Crippen LogP contribution < -0.4 is 16.0 Å². The maximum absolute atomic E-state index is 12.2. The summed E-state index contributed by atoms with van der Waals surface area (Å²) in [4.78, 5) is 23.6. The van der Waals surface area contributed by atoms with Crippen LogP contribution in [0.4, 0.5) is 5.95 Å². The third-order valence-corrected chi connectivity index (χ3v) is 7.09. The predicted molar refractivity (Wildman–Crippen MR) is 138 cm³/mol. The largest absolute Gasteiger partial charge is 0.368 e. The number of hydrogen-bond acceptors (Lipinski definition) is 6. The lowest BCUT2D eigenvalue weighted by Gasteiger charge is -2.40. The highest BCUT2D eigenvalue weighted by molar-refractivity contribution is 6.33. The van der Waals surface area contributed by atoms with E-state index in [0.717, 1.165) is 22.4 Å². The monoisotopic (exact) mass is 489 g/mol. The molecule has 180 valence electrons. The minimum Gasteiger partial charge on any atom is -0.368 e. The molecule has 2 aromatic carbocycles. The van der Waals surface area contributed by atoms with Crippen LogP contribution in [0.25, 0.3) is 28.0 Å². The minimum absolute atomic E-state index is 0.311. The minimum atomic E-state index is -0.697. The second kappa shape index (κ2) is 9.28. The lowest BCUT2D eigenvalue weighted by atomic mass is 9.86. The number of carbonyl (C=O) groups excluding carboxylic acids is 1. The van der Waals surface area contributed by atoms with E-state index in [4.69, 9.17) is 22.4 Å². The summed E-state index contributed by atoms with van der Waals surface area (Å²) < 4.78 is 1.79. The molecule has 5 rings (SSSR count). The SMILES string of the molecule is CCNC1(C(N)=O)CCN(c2ncnc3c(-c4ccc(C)cc4)c(-c4ccccc4Cl)nn23)CC1. The first kappa shape index (κ1) is 23.3. The van der Waals surface area contributed by atoms with Crippen LogP contribution in [0.3, 0.4) is 0 Å². The van der Waals surface area contributed by atoms with Crippen molar-refractivity contribution in [2.75, 3.05) is 24.5 Å². The Morgan fingerprint density at radius 3 is 2.49 bits per heavy atom. The third kappa shape index (κ3) is 4.13. The molecule has 0 spiro atoms. The van der Waals surface area contributed by atoms with Crippen molar-refractivity contribution >= 4 is 29.1 Å². The Morgan fingerprint density at radius 1 is 1.11 bits per heavy atom. The molecule has 9 heteroatoms. The molecule has 3 heterocycles. The first-order chi connectivity index (χ1) is 16.9. The molecule has 0 aliphatic carbocycles. The highest BCUT2D eigenvalue weighted by atomic mass is 35.5. The molecule has 1 fully saturated rings. The van der Waals surface area contributed by atoms with Crippen molar-refractivity contribution in [1.82, 2.24) is 24.9 Å². The van der Waals surface area contributed by atoms with Gasteiger partial charge in [-0.05, 0) is 37.9 Å². The normalized spacial score (nSPS) is 15.5. The number of fused-ring (bicyclic) bond motifs is 1. The Bertz CT molecular complexity index is 1370. The number of nitrogens with one attached hydrogen (secondary N) is 1. The average Bonchev–Trinajstić information content (AvgIpc) is 3.25. The molecule has 1 aliphatic heterocycles. The molecule has 0 atom stereocenters. The smallest absolute Gasteiger partial charge is 0.237 e. The molecular weight excluding hydrogens is 462 g/mol. The van der Waals surface area contributed by atoms with Crippen LogP contribution >= 0.6 is 11.6 Å². The zero-order chi connectivity index (χ0) is 24.6. The molecule has 8 nitrogen and oxygen atoms in total. The van der Waals surface area contributed by atoms with Gasteiger partial charge in [-0.15, -0.1) is 0 Å². The lowest BCUT2D eigenvalue weighted by Crippen LogP contribution is -2.61. The fourth-order valence-electron chi connectivity index (χ4n) is 4.84. The first-order valence-corrected chi connectivity index (χ1v) is 12.2. The maximum atomic E-state index is 12.2. The van der Waals surface area contributed by atoms with Crippen molar-refractivity contribution in [3.63, 3.8) is 0 Å². The molecule has 2 aromatic heterocycles. The van der Waals surface area contributed by atoms with Crippen molar-refractivity contribution in [1.29, 1.82) is 0 Å². The Kier molecular flexibility index (Phi) is 6.17. The molecule has 35 heavy (non-hydrogen) atoms. The van der Waals surface area contributed by atoms with Crippen molar-refractivity contribution < 1.29 is 4.79 Å². The number of aryl methyl sites for hydroxylation is 1. The van der Waals surface area contributed by atoms with Gasteiger partial charge in [0.2, 0.25) is 11.9 Å². The van der Waals surface area contributed by atoms with Crippen LogP contribution in [0.1, 0.15) is 25.3 Å². The summed E-state index contributed by atoms with van der Waals surface area (Å²) in [6, 6.07) is 16.0. The second-order valence-electron chi connectivity index (χ2n) is 8.94. The Labute approximate surface area is 209 Å². The van der Waals surface area contributed by atoms with Crippen molar-refractivity contribution in [2.45, 2.75) is 32.2 Å². The Hall–Kier alpha value is -3.49. The summed E-state index contributed by atoms with van der Waals surface area (Å²) in [6.07, 6.45) is 2.75. The summed E-state index contributed by atoms with van der Waals surface area (Å²) in [5.41, 5.74) is 10.4. The van der Waals surface area contributed by atoms with Crippen LogP contribution in [0.15, 0.2) is 54.9 Å². The number of aromatic nitrogens is 4. The number of anilines is 1. The molecule has 4 aromatic rings. The number of carbonyl (C=O) groups is 1. The van der Waals surface area contributed by atoms with E-state index in [9.17, 15) is 4.79 Å². The number of nitrogens with two attached hydrogens (primary N) is 1. The van der Waals surface area contributed by atoms with Crippen LogP contribution in [0, 0.1) is 6.92 Å². The number of likely N-dealkylation sites (N-methyl/N-ethyl adjacent to an activating group) is 1. The summed E-state index contributed by atoms with van der Waals surface area (Å²) in [5.74, 6) is 0.366. The Morgan fingerprint density at radius 2 is 1.83 bits per heavy atom. The molecule has 0 saturated carbocycles. The van der Waals surface area contributed by atoms with Crippen molar-refractivity contribution in [3.05, 3.63) is 65.4 Å². The third-order valence-electron chi connectivity index (χ3n) is 6.76. The van der Waals surface area contributed by atoms with Gasteiger partial charge in [0, 0.05) is 18.7 Å². The van der Waals surface area contributed by atoms with E-state index in [2.05, 4.69) is 51.4 Å². The molecule has 0 unspecified atom stereocenters. The number of piperidine rings is 1. The van der Waals surface area contributed by atoms with Crippen LogP contribution in [0.2, 0.25) is 5.02 Å². The van der Waals surface area contributed by atoms with E-state index < -0.39 is 5.54 Å². The highest BCUT2D eigenvalue weighted by Gasteiger charge is 2.40. The maximum Gasteiger partial charge on any atom is 0.237 e. The van der Waals surface area contributed by atoms with Gasteiger partial charge in [0.1, 0.15) is 17.6 Å². The molecule has 1 aliphatic rings. The zero-order valence-corrected chi connectivity index (χ0v) is 20.6. The molecular formula is C26H28ClN7O. The van der Waals surface area contributed by atoms with Gasteiger partial charge in [0.15, 0.2) is 5.65 Å². The number of benzene rings is 2. The van der Waals surface area contributed by atoms with Gasteiger partial charge in [-0.3, -0.25) is 4.79 Å².